The van der Waals surface area contributed by atoms with Gasteiger partial charge in [-0.25, -0.2) is 18.5 Å². The number of pyridine rings is 2. The second kappa shape index (κ2) is 6.46. The number of hydrogen-bond acceptors (Lipinski definition) is 5. The lowest BCUT2D eigenvalue weighted by atomic mass is 10.0. The largest absolute Gasteiger partial charge is 0.383 e. The highest BCUT2D eigenvalue weighted by Gasteiger charge is 2.11. The molecular formula is C20H16N4O2S. The third-order valence-corrected chi connectivity index (χ3v) is 5.18. The van der Waals surface area contributed by atoms with Gasteiger partial charge in [-0.05, 0) is 35.4 Å². The number of hydrogen-bond donors (Lipinski definition) is 2. The summed E-state index contributed by atoms with van der Waals surface area (Å²) >= 11 is 0. The van der Waals surface area contributed by atoms with E-state index >= 15 is 0 Å². The van der Waals surface area contributed by atoms with Crippen LogP contribution in [0.3, 0.4) is 0 Å². The first kappa shape index (κ1) is 17.1. The number of aromatic nitrogens is 2. The summed E-state index contributed by atoms with van der Waals surface area (Å²) in [7, 11) is -3.82. The molecule has 0 atom stereocenters. The van der Waals surface area contributed by atoms with Crippen molar-refractivity contribution >= 4 is 26.7 Å². The molecule has 7 heteroatoms. The lowest BCUT2D eigenvalue weighted by Crippen LogP contribution is -2.12. The molecule has 27 heavy (non-hydrogen) atoms. The second-order valence-corrected chi connectivity index (χ2v) is 7.71. The third kappa shape index (κ3) is 3.38. The van der Waals surface area contributed by atoms with E-state index in [-0.39, 0.29) is 4.90 Å². The first-order chi connectivity index (χ1) is 12.9. The van der Waals surface area contributed by atoms with E-state index in [2.05, 4.69) is 9.97 Å². The van der Waals surface area contributed by atoms with Crippen molar-refractivity contribution in [3.05, 3.63) is 73.1 Å². The van der Waals surface area contributed by atoms with Crippen molar-refractivity contribution in [2.24, 2.45) is 5.14 Å². The van der Waals surface area contributed by atoms with E-state index in [0.29, 0.717) is 11.4 Å². The Morgan fingerprint density at radius 2 is 1.59 bits per heavy atom. The predicted octanol–water partition coefficient (Wildman–Crippen LogP) is 3.19. The first-order valence-corrected chi connectivity index (χ1v) is 9.70. The zero-order valence-electron chi connectivity index (χ0n) is 14.2. The van der Waals surface area contributed by atoms with Crippen molar-refractivity contribution in [3.63, 3.8) is 0 Å². The summed E-state index contributed by atoms with van der Waals surface area (Å²) in [5.41, 5.74) is 10.2. The number of fused-ring (bicyclic) bond motifs is 1. The Bertz CT molecular complexity index is 1260. The minimum Gasteiger partial charge on any atom is -0.383 e. The fraction of sp³-hybridized carbons (Fsp3) is 0. The summed E-state index contributed by atoms with van der Waals surface area (Å²) in [6.07, 6.45) is 2.83. The average molecular weight is 376 g/mol. The lowest BCUT2D eigenvalue weighted by molar-refractivity contribution is 0.597. The van der Waals surface area contributed by atoms with Gasteiger partial charge in [-0.2, -0.15) is 0 Å². The number of sulfonamides is 1. The quantitative estimate of drug-likeness (QED) is 0.570. The minimum atomic E-state index is -3.82. The van der Waals surface area contributed by atoms with Gasteiger partial charge in [0.05, 0.1) is 5.52 Å². The van der Waals surface area contributed by atoms with E-state index in [0.717, 1.165) is 27.6 Å². The van der Waals surface area contributed by atoms with Crippen LogP contribution in [0, 0.1) is 0 Å². The van der Waals surface area contributed by atoms with E-state index in [9.17, 15) is 8.42 Å². The molecule has 134 valence electrons. The molecule has 2 aromatic carbocycles. The molecule has 0 amide bonds. The van der Waals surface area contributed by atoms with Gasteiger partial charge in [0.15, 0.2) is 0 Å². The van der Waals surface area contributed by atoms with Gasteiger partial charge in [-0.15, -0.1) is 0 Å². The number of nitrogens with zero attached hydrogens (tertiary/aromatic N) is 2. The van der Waals surface area contributed by atoms with Crippen molar-refractivity contribution in [2.45, 2.75) is 4.90 Å². The standard InChI is InChI=1S/C20H16N4O2S/c21-20-18(13-4-2-1-3-5-13)10-15-8-14(6-7-19(15)24-20)16-9-17(12-23-11-16)27(22,25)26/h1-12H,(H2,21,24)(H2,22,25,26). The van der Waals surface area contributed by atoms with Crippen LogP contribution in [-0.4, -0.2) is 18.4 Å². The number of anilines is 1. The Labute approximate surface area is 156 Å². The van der Waals surface area contributed by atoms with Crippen LogP contribution in [0.2, 0.25) is 0 Å². The van der Waals surface area contributed by atoms with Crippen molar-refractivity contribution in [2.75, 3.05) is 5.73 Å². The molecule has 6 nitrogen and oxygen atoms in total. The number of benzene rings is 2. The van der Waals surface area contributed by atoms with Crippen LogP contribution in [0.4, 0.5) is 5.82 Å². The maximum Gasteiger partial charge on any atom is 0.239 e. The van der Waals surface area contributed by atoms with E-state index in [1.54, 1.807) is 6.20 Å². The van der Waals surface area contributed by atoms with Gasteiger partial charge < -0.3 is 5.73 Å². The van der Waals surface area contributed by atoms with Crippen LogP contribution in [0.5, 0.6) is 0 Å². The Kier molecular flexibility index (Phi) is 4.10. The molecule has 2 aromatic heterocycles. The van der Waals surface area contributed by atoms with Gasteiger partial charge in [-0.1, -0.05) is 36.4 Å². The molecule has 4 N–H and O–H groups in total. The minimum absolute atomic E-state index is 0.0273. The monoisotopic (exact) mass is 376 g/mol. The summed E-state index contributed by atoms with van der Waals surface area (Å²) in [6.45, 7) is 0. The molecule has 2 heterocycles. The third-order valence-electron chi connectivity index (χ3n) is 4.30. The molecule has 0 spiro atoms. The van der Waals surface area contributed by atoms with Gasteiger partial charge >= 0.3 is 0 Å². The van der Waals surface area contributed by atoms with Crippen LogP contribution in [-0.2, 0) is 10.0 Å². The number of nitrogen functional groups attached to an aromatic ring is 1. The van der Waals surface area contributed by atoms with Gasteiger partial charge in [0.1, 0.15) is 10.7 Å². The molecule has 0 bridgehead atoms. The summed E-state index contributed by atoms with van der Waals surface area (Å²) in [6, 6.07) is 18.9. The Morgan fingerprint density at radius 1 is 0.815 bits per heavy atom. The van der Waals surface area contributed by atoms with Gasteiger partial charge in [0, 0.05) is 28.9 Å². The molecule has 0 aliphatic rings. The number of nitrogens with two attached hydrogens (primary N) is 2. The first-order valence-electron chi connectivity index (χ1n) is 8.16. The van der Waals surface area contributed by atoms with E-state index < -0.39 is 10.0 Å². The number of primary sulfonamides is 1. The zero-order valence-corrected chi connectivity index (χ0v) is 15.0. The van der Waals surface area contributed by atoms with Gasteiger partial charge in [0.25, 0.3) is 0 Å². The van der Waals surface area contributed by atoms with Crippen LogP contribution >= 0.6 is 0 Å². The van der Waals surface area contributed by atoms with Gasteiger partial charge in [-0.3, -0.25) is 4.98 Å². The molecule has 0 radical (unpaired) electrons. The molecule has 0 aliphatic carbocycles. The molecule has 0 saturated heterocycles. The highest BCUT2D eigenvalue weighted by atomic mass is 32.2. The molecular weight excluding hydrogens is 360 g/mol. The Balaban J connectivity index is 1.86. The molecule has 0 aliphatic heterocycles. The van der Waals surface area contributed by atoms with Crippen molar-refractivity contribution in [1.29, 1.82) is 0 Å². The van der Waals surface area contributed by atoms with Crippen LogP contribution in [0.15, 0.2) is 78.0 Å². The van der Waals surface area contributed by atoms with Crippen molar-refractivity contribution < 1.29 is 8.42 Å². The topological polar surface area (TPSA) is 112 Å². The summed E-state index contributed by atoms with van der Waals surface area (Å²) in [5, 5.41) is 6.09. The molecule has 4 rings (SSSR count). The second-order valence-electron chi connectivity index (χ2n) is 6.15. The van der Waals surface area contributed by atoms with E-state index in [1.807, 2.05) is 54.6 Å². The van der Waals surface area contributed by atoms with Crippen molar-refractivity contribution in [3.8, 4) is 22.3 Å². The maximum atomic E-state index is 11.6. The van der Waals surface area contributed by atoms with Crippen LogP contribution in [0.25, 0.3) is 33.2 Å². The van der Waals surface area contributed by atoms with Crippen molar-refractivity contribution in [1.82, 2.24) is 9.97 Å². The molecule has 4 aromatic rings. The highest BCUT2D eigenvalue weighted by Crippen LogP contribution is 2.31. The predicted molar refractivity (Wildman–Crippen MR) is 106 cm³/mol. The molecule has 0 saturated carbocycles. The fourth-order valence-corrected chi connectivity index (χ4v) is 3.45. The number of rotatable bonds is 3. The normalized spacial score (nSPS) is 11.6. The summed E-state index contributed by atoms with van der Waals surface area (Å²) in [5.74, 6) is 0.458. The van der Waals surface area contributed by atoms with E-state index in [4.69, 9.17) is 10.9 Å². The maximum absolute atomic E-state index is 11.6. The Morgan fingerprint density at radius 3 is 2.33 bits per heavy atom. The summed E-state index contributed by atoms with van der Waals surface area (Å²) in [4.78, 5) is 8.45. The van der Waals surface area contributed by atoms with E-state index in [1.165, 1.54) is 12.3 Å². The smallest absolute Gasteiger partial charge is 0.239 e. The van der Waals surface area contributed by atoms with Crippen LogP contribution < -0.4 is 10.9 Å². The van der Waals surface area contributed by atoms with Gasteiger partial charge in [0.2, 0.25) is 10.0 Å². The Hall–Kier alpha value is -3.29. The SMILES string of the molecule is Nc1nc2ccc(-c3cncc(S(N)(=O)=O)c3)cc2cc1-c1ccccc1. The molecule has 0 unspecified atom stereocenters. The summed E-state index contributed by atoms with van der Waals surface area (Å²) < 4.78 is 23.2. The van der Waals surface area contributed by atoms with Crippen LogP contribution in [0.1, 0.15) is 0 Å². The fourth-order valence-electron chi connectivity index (χ4n) is 2.95. The highest BCUT2D eigenvalue weighted by molar-refractivity contribution is 7.89. The zero-order chi connectivity index (χ0) is 19.0. The lowest BCUT2D eigenvalue weighted by Gasteiger charge is -2.09. The average Bonchev–Trinajstić information content (AvgIpc) is 2.67. The molecule has 0 fully saturated rings.